The van der Waals surface area contributed by atoms with Crippen LogP contribution in [0, 0.1) is 0 Å². The van der Waals surface area contributed by atoms with Crippen molar-refractivity contribution in [2.45, 2.75) is 18.9 Å². The molecule has 0 aromatic heterocycles. The van der Waals surface area contributed by atoms with Crippen molar-refractivity contribution in [2.24, 2.45) is 0 Å². The lowest BCUT2D eigenvalue weighted by atomic mass is 10.2. The number of carbonyl (C=O) groups excluding carboxylic acids is 1. The summed E-state index contributed by atoms with van der Waals surface area (Å²) >= 11 is 0. The normalized spacial score (nSPS) is 15.1. The highest BCUT2D eigenvalue weighted by Crippen LogP contribution is 2.18. The molecule has 1 N–H and O–H groups in total. The van der Waals surface area contributed by atoms with Crippen LogP contribution in [0.5, 0.6) is 5.75 Å². The third-order valence-electron chi connectivity index (χ3n) is 2.44. The van der Waals surface area contributed by atoms with Gasteiger partial charge in [-0.25, -0.2) is 0 Å². The molecule has 0 atom stereocenters. The number of benzene rings is 1. The first-order valence-electron chi connectivity index (χ1n) is 5.40. The number of rotatable bonds is 4. The van der Waals surface area contributed by atoms with E-state index < -0.39 is 0 Å². The van der Waals surface area contributed by atoms with Gasteiger partial charge in [0.1, 0.15) is 5.75 Å². The first-order valence-corrected chi connectivity index (χ1v) is 5.40. The molecule has 84 valence electrons. The summed E-state index contributed by atoms with van der Waals surface area (Å²) in [5, 5.41) is 2.90. The molecule has 0 bridgehead atoms. The number of hydrogen-bond donors (Lipinski definition) is 1. The molecule has 0 spiro atoms. The Bertz CT molecular complexity index is 408. The topological polar surface area (TPSA) is 38.3 Å². The average Bonchev–Trinajstić information content (AvgIpc) is 3.10. The van der Waals surface area contributed by atoms with Gasteiger partial charge in [0.25, 0.3) is 0 Å². The van der Waals surface area contributed by atoms with Gasteiger partial charge in [-0.15, -0.1) is 0 Å². The fraction of sp³-hybridized carbons (Fsp3) is 0.308. The number of ether oxygens (including phenoxy) is 1. The Labute approximate surface area is 95.1 Å². The molecular formula is C13H15NO2. The van der Waals surface area contributed by atoms with Crippen molar-refractivity contribution in [1.29, 1.82) is 0 Å². The minimum absolute atomic E-state index is 0.0229. The summed E-state index contributed by atoms with van der Waals surface area (Å²) in [5.41, 5.74) is 0.963. The van der Waals surface area contributed by atoms with Gasteiger partial charge in [-0.1, -0.05) is 12.1 Å². The Morgan fingerprint density at radius 1 is 1.50 bits per heavy atom. The van der Waals surface area contributed by atoms with Crippen LogP contribution in [-0.4, -0.2) is 19.1 Å². The van der Waals surface area contributed by atoms with E-state index in [1.165, 1.54) is 0 Å². The maximum absolute atomic E-state index is 11.4. The third kappa shape index (κ3) is 3.12. The van der Waals surface area contributed by atoms with E-state index in [0.717, 1.165) is 24.2 Å². The zero-order valence-electron chi connectivity index (χ0n) is 9.27. The van der Waals surface area contributed by atoms with Gasteiger partial charge < -0.3 is 10.1 Å². The minimum Gasteiger partial charge on any atom is -0.497 e. The molecule has 0 saturated heterocycles. The van der Waals surface area contributed by atoms with Crippen LogP contribution in [0.3, 0.4) is 0 Å². The number of nitrogens with one attached hydrogen (secondary N) is 1. The van der Waals surface area contributed by atoms with Crippen molar-refractivity contribution in [1.82, 2.24) is 5.32 Å². The minimum atomic E-state index is -0.0229. The Morgan fingerprint density at radius 2 is 2.31 bits per heavy atom. The fourth-order valence-corrected chi connectivity index (χ4v) is 1.39. The van der Waals surface area contributed by atoms with Crippen molar-refractivity contribution in [2.75, 3.05) is 7.11 Å². The first-order chi connectivity index (χ1) is 7.78. The second kappa shape index (κ2) is 4.84. The quantitative estimate of drug-likeness (QED) is 0.783. The lowest BCUT2D eigenvalue weighted by Crippen LogP contribution is -2.22. The Balaban J connectivity index is 1.95. The zero-order valence-corrected chi connectivity index (χ0v) is 9.27. The van der Waals surface area contributed by atoms with Gasteiger partial charge in [-0.05, 0) is 36.6 Å². The SMILES string of the molecule is COc1cccc(C=CC(=O)NC2CC2)c1. The van der Waals surface area contributed by atoms with E-state index in [9.17, 15) is 4.79 Å². The molecule has 1 saturated carbocycles. The highest BCUT2D eigenvalue weighted by molar-refractivity contribution is 5.92. The third-order valence-corrected chi connectivity index (χ3v) is 2.44. The van der Waals surface area contributed by atoms with Crippen LogP contribution in [-0.2, 0) is 4.79 Å². The van der Waals surface area contributed by atoms with Crippen molar-refractivity contribution < 1.29 is 9.53 Å². The van der Waals surface area contributed by atoms with Gasteiger partial charge >= 0.3 is 0 Å². The van der Waals surface area contributed by atoms with E-state index in [-0.39, 0.29) is 5.91 Å². The summed E-state index contributed by atoms with van der Waals surface area (Å²) in [6.45, 7) is 0. The van der Waals surface area contributed by atoms with Crippen LogP contribution in [0.4, 0.5) is 0 Å². The summed E-state index contributed by atoms with van der Waals surface area (Å²) in [7, 11) is 1.63. The predicted octanol–water partition coefficient (Wildman–Crippen LogP) is 1.99. The number of amides is 1. The van der Waals surface area contributed by atoms with Crippen molar-refractivity contribution in [3.8, 4) is 5.75 Å². The summed E-state index contributed by atoms with van der Waals surface area (Å²) in [4.78, 5) is 11.4. The van der Waals surface area contributed by atoms with Crippen molar-refractivity contribution >= 4 is 12.0 Å². The second-order valence-electron chi connectivity index (χ2n) is 3.89. The molecule has 1 aromatic carbocycles. The van der Waals surface area contributed by atoms with Crippen molar-refractivity contribution in [3.63, 3.8) is 0 Å². The standard InChI is InChI=1S/C13H15NO2/c1-16-12-4-2-3-10(9-12)5-8-13(15)14-11-6-7-11/h2-5,8-9,11H,6-7H2,1H3,(H,14,15). The van der Waals surface area contributed by atoms with E-state index in [2.05, 4.69) is 5.32 Å². The van der Waals surface area contributed by atoms with E-state index in [0.29, 0.717) is 6.04 Å². The van der Waals surface area contributed by atoms with E-state index in [1.807, 2.05) is 24.3 Å². The fourth-order valence-electron chi connectivity index (χ4n) is 1.39. The summed E-state index contributed by atoms with van der Waals surface area (Å²) < 4.78 is 5.10. The number of carbonyl (C=O) groups is 1. The van der Waals surface area contributed by atoms with E-state index in [4.69, 9.17) is 4.74 Å². The lowest BCUT2D eigenvalue weighted by Gasteiger charge is -2.00. The maximum Gasteiger partial charge on any atom is 0.244 e. The molecule has 1 aromatic rings. The Kier molecular flexibility index (Phi) is 3.25. The Hall–Kier alpha value is -1.77. The van der Waals surface area contributed by atoms with Gasteiger partial charge in [0.15, 0.2) is 0 Å². The summed E-state index contributed by atoms with van der Waals surface area (Å²) in [6, 6.07) is 8.01. The van der Waals surface area contributed by atoms with E-state index in [1.54, 1.807) is 19.3 Å². The largest absolute Gasteiger partial charge is 0.497 e. The van der Waals surface area contributed by atoms with Crippen LogP contribution in [0.15, 0.2) is 30.3 Å². The van der Waals surface area contributed by atoms with E-state index >= 15 is 0 Å². The van der Waals surface area contributed by atoms with Crippen LogP contribution in [0.25, 0.3) is 6.08 Å². The monoisotopic (exact) mass is 217 g/mol. The molecule has 0 heterocycles. The zero-order chi connectivity index (χ0) is 11.4. The maximum atomic E-state index is 11.4. The summed E-state index contributed by atoms with van der Waals surface area (Å²) in [5.74, 6) is 0.773. The number of methoxy groups -OCH3 is 1. The van der Waals surface area contributed by atoms with Gasteiger partial charge in [0.2, 0.25) is 5.91 Å². The smallest absolute Gasteiger partial charge is 0.244 e. The number of hydrogen-bond acceptors (Lipinski definition) is 2. The van der Waals surface area contributed by atoms with Crippen LogP contribution < -0.4 is 10.1 Å². The molecule has 16 heavy (non-hydrogen) atoms. The molecular weight excluding hydrogens is 202 g/mol. The lowest BCUT2D eigenvalue weighted by molar-refractivity contribution is -0.116. The van der Waals surface area contributed by atoms with Gasteiger partial charge in [0, 0.05) is 12.1 Å². The molecule has 1 aliphatic rings. The Morgan fingerprint density at radius 3 is 3.00 bits per heavy atom. The summed E-state index contributed by atoms with van der Waals surface area (Å²) in [6.07, 6.45) is 5.57. The van der Waals surface area contributed by atoms with Gasteiger partial charge in [-0.3, -0.25) is 4.79 Å². The molecule has 1 amide bonds. The van der Waals surface area contributed by atoms with Gasteiger partial charge in [-0.2, -0.15) is 0 Å². The predicted molar refractivity (Wildman–Crippen MR) is 63.2 cm³/mol. The second-order valence-corrected chi connectivity index (χ2v) is 3.89. The molecule has 3 nitrogen and oxygen atoms in total. The van der Waals surface area contributed by atoms with Crippen molar-refractivity contribution in [3.05, 3.63) is 35.9 Å². The first kappa shape index (κ1) is 10.7. The van der Waals surface area contributed by atoms with Crippen LogP contribution in [0.1, 0.15) is 18.4 Å². The molecule has 1 aliphatic carbocycles. The molecule has 2 rings (SSSR count). The molecule has 0 radical (unpaired) electrons. The molecule has 0 aliphatic heterocycles. The molecule has 0 unspecified atom stereocenters. The molecule has 1 fully saturated rings. The van der Waals surface area contributed by atoms with Crippen LogP contribution >= 0.6 is 0 Å². The highest BCUT2D eigenvalue weighted by Gasteiger charge is 2.21. The molecule has 3 heteroatoms. The van der Waals surface area contributed by atoms with Gasteiger partial charge in [0.05, 0.1) is 7.11 Å². The van der Waals surface area contributed by atoms with Crippen LogP contribution in [0.2, 0.25) is 0 Å². The average molecular weight is 217 g/mol. The highest BCUT2D eigenvalue weighted by atomic mass is 16.5.